The molecule has 0 fully saturated rings. The first-order valence-electron chi connectivity index (χ1n) is 10.0. The SMILES string of the molecule is NC(=O)C/C(=C\O)CNC(=O)C1=CC(c2ccc(Cl)cc2)=NN(C2C#CC(F)CC=C2)C1O. The van der Waals surface area contributed by atoms with E-state index in [9.17, 15) is 24.2 Å². The van der Waals surface area contributed by atoms with Gasteiger partial charge in [0.05, 0.1) is 24.0 Å². The second-order valence-corrected chi connectivity index (χ2v) is 7.76. The summed E-state index contributed by atoms with van der Waals surface area (Å²) in [5.41, 5.74) is 6.24. The number of hydrogen-bond acceptors (Lipinski definition) is 6. The average molecular weight is 473 g/mol. The van der Waals surface area contributed by atoms with Crippen LogP contribution < -0.4 is 11.1 Å². The number of carbonyl (C=O) groups excluding carboxylic acids is 2. The Morgan fingerprint density at radius 1 is 1.33 bits per heavy atom. The summed E-state index contributed by atoms with van der Waals surface area (Å²) in [4.78, 5) is 24.0. The number of nitrogens with two attached hydrogens (primary N) is 1. The van der Waals surface area contributed by atoms with E-state index in [2.05, 4.69) is 22.3 Å². The van der Waals surface area contributed by atoms with Crippen molar-refractivity contribution in [2.75, 3.05) is 6.54 Å². The molecule has 0 bridgehead atoms. The topological polar surface area (TPSA) is 128 Å². The summed E-state index contributed by atoms with van der Waals surface area (Å²) in [6.07, 6.45) is 2.37. The lowest BCUT2D eigenvalue weighted by Gasteiger charge is -2.33. The number of primary amides is 1. The van der Waals surface area contributed by atoms with E-state index in [4.69, 9.17) is 17.3 Å². The van der Waals surface area contributed by atoms with Crippen molar-refractivity contribution in [1.82, 2.24) is 10.3 Å². The zero-order chi connectivity index (χ0) is 24.0. The van der Waals surface area contributed by atoms with Gasteiger partial charge in [-0.2, -0.15) is 5.10 Å². The van der Waals surface area contributed by atoms with Gasteiger partial charge < -0.3 is 21.3 Å². The summed E-state index contributed by atoms with van der Waals surface area (Å²) >= 11 is 5.96. The van der Waals surface area contributed by atoms with Gasteiger partial charge in [0.2, 0.25) is 5.91 Å². The van der Waals surface area contributed by atoms with Crippen LogP contribution in [0, 0.1) is 11.8 Å². The van der Waals surface area contributed by atoms with Crippen LogP contribution in [0.25, 0.3) is 0 Å². The van der Waals surface area contributed by atoms with Crippen molar-refractivity contribution in [2.45, 2.75) is 31.3 Å². The van der Waals surface area contributed by atoms with Crippen LogP contribution in [0.2, 0.25) is 5.02 Å². The molecule has 8 nitrogen and oxygen atoms in total. The molecule has 2 aliphatic rings. The third-order valence-electron chi connectivity index (χ3n) is 4.84. The van der Waals surface area contributed by atoms with Crippen LogP contribution in [0.15, 0.2) is 65.0 Å². The molecule has 0 radical (unpaired) electrons. The smallest absolute Gasteiger partial charge is 0.252 e. The van der Waals surface area contributed by atoms with Gasteiger partial charge in [-0.1, -0.05) is 47.7 Å². The molecule has 3 rings (SSSR count). The highest BCUT2D eigenvalue weighted by Gasteiger charge is 2.32. The molecule has 5 N–H and O–H groups in total. The molecule has 3 atom stereocenters. The summed E-state index contributed by atoms with van der Waals surface area (Å²) in [6.45, 7) is -0.164. The molecule has 0 aromatic heterocycles. The molecular formula is C23H22ClFN4O4. The predicted octanol–water partition coefficient (Wildman–Crippen LogP) is 1.71. The van der Waals surface area contributed by atoms with Gasteiger partial charge in [0.15, 0.2) is 12.4 Å². The number of rotatable bonds is 7. The number of aliphatic hydroxyl groups excluding tert-OH is 2. The van der Waals surface area contributed by atoms with Gasteiger partial charge in [-0.15, -0.1) is 0 Å². The molecule has 33 heavy (non-hydrogen) atoms. The van der Waals surface area contributed by atoms with E-state index < -0.39 is 30.3 Å². The first kappa shape index (κ1) is 24.0. The lowest BCUT2D eigenvalue weighted by atomic mass is 10.0. The molecule has 1 aromatic rings. The quantitative estimate of drug-likeness (QED) is 0.273. The molecule has 0 saturated carbocycles. The summed E-state index contributed by atoms with van der Waals surface area (Å²) in [6, 6.07) is 5.94. The largest absolute Gasteiger partial charge is 0.516 e. The lowest BCUT2D eigenvalue weighted by molar-refractivity contribution is -0.120. The number of carbonyl (C=O) groups is 2. The monoisotopic (exact) mass is 472 g/mol. The summed E-state index contributed by atoms with van der Waals surface area (Å²) in [5, 5.41) is 28.9. The van der Waals surface area contributed by atoms with Gasteiger partial charge in [-0.05, 0) is 23.8 Å². The molecule has 10 heteroatoms. The third kappa shape index (κ3) is 6.22. The number of nitrogens with one attached hydrogen (secondary N) is 1. The maximum atomic E-state index is 13.7. The third-order valence-corrected chi connectivity index (χ3v) is 5.09. The van der Waals surface area contributed by atoms with Crippen molar-refractivity contribution >= 4 is 29.1 Å². The minimum Gasteiger partial charge on any atom is -0.516 e. The van der Waals surface area contributed by atoms with Gasteiger partial charge in [-0.25, -0.2) is 9.40 Å². The molecule has 1 aliphatic carbocycles. The van der Waals surface area contributed by atoms with Crippen molar-refractivity contribution in [3.63, 3.8) is 0 Å². The first-order chi connectivity index (χ1) is 15.8. The molecule has 0 saturated heterocycles. The number of benzene rings is 1. The molecule has 2 amide bonds. The van der Waals surface area contributed by atoms with E-state index >= 15 is 0 Å². The molecule has 3 unspecified atom stereocenters. The van der Waals surface area contributed by atoms with Crippen molar-refractivity contribution in [3.8, 4) is 11.8 Å². The molecular weight excluding hydrogens is 451 g/mol. The molecule has 1 heterocycles. The standard InChI is InChI=1S/C23H22ClFN4O4/c24-16-6-4-15(5-7-16)20-11-19(22(32)27-12-14(13-30)10-21(26)31)23(33)29(28-20)18-3-1-2-17(25)8-9-18/h1,3-7,11,13,17-18,23,30,33H,2,10,12H2,(H2,26,31)(H,27,32)/b14-13+. The van der Waals surface area contributed by atoms with Gasteiger partial charge in [0.25, 0.3) is 5.91 Å². The van der Waals surface area contributed by atoms with E-state index in [0.29, 0.717) is 22.6 Å². The maximum Gasteiger partial charge on any atom is 0.252 e. The fraction of sp³-hybridized carbons (Fsp3) is 0.261. The van der Waals surface area contributed by atoms with E-state index in [-0.39, 0.29) is 30.5 Å². The van der Waals surface area contributed by atoms with Gasteiger partial charge in [0, 0.05) is 23.6 Å². The number of alkyl halides is 1. The van der Waals surface area contributed by atoms with Crippen LogP contribution in [0.3, 0.4) is 0 Å². The highest BCUT2D eigenvalue weighted by atomic mass is 35.5. The zero-order valence-electron chi connectivity index (χ0n) is 17.4. The number of nitrogens with zero attached hydrogens (tertiary/aromatic N) is 2. The molecule has 0 spiro atoms. The number of halogens is 2. The van der Waals surface area contributed by atoms with Crippen LogP contribution in [0.5, 0.6) is 0 Å². The minimum atomic E-state index is -1.49. The summed E-state index contributed by atoms with van der Waals surface area (Å²) in [5.74, 6) is 3.86. The van der Waals surface area contributed by atoms with Gasteiger partial charge in [0.1, 0.15) is 6.04 Å². The highest BCUT2D eigenvalue weighted by molar-refractivity contribution is 6.30. The Morgan fingerprint density at radius 2 is 2.06 bits per heavy atom. The Morgan fingerprint density at radius 3 is 2.73 bits per heavy atom. The number of hydrogen-bond donors (Lipinski definition) is 4. The normalized spacial score (nSPS) is 22.5. The highest BCUT2D eigenvalue weighted by Crippen LogP contribution is 2.23. The Kier molecular flexibility index (Phi) is 7.87. The predicted molar refractivity (Wildman–Crippen MR) is 122 cm³/mol. The van der Waals surface area contributed by atoms with Crippen LogP contribution in [-0.2, 0) is 9.59 Å². The van der Waals surface area contributed by atoms with Gasteiger partial charge >= 0.3 is 0 Å². The fourth-order valence-electron chi connectivity index (χ4n) is 3.17. The van der Waals surface area contributed by atoms with Crippen molar-refractivity contribution in [3.05, 3.63) is 70.5 Å². The van der Waals surface area contributed by atoms with E-state index in [1.165, 1.54) is 11.1 Å². The maximum absolute atomic E-state index is 13.7. The van der Waals surface area contributed by atoms with Crippen LogP contribution in [0.4, 0.5) is 4.39 Å². The number of allylic oxidation sites excluding steroid dienone is 2. The second kappa shape index (κ2) is 10.8. The Balaban J connectivity index is 1.92. The minimum absolute atomic E-state index is 0.0532. The summed E-state index contributed by atoms with van der Waals surface area (Å²) < 4.78 is 13.7. The van der Waals surface area contributed by atoms with Crippen LogP contribution in [0.1, 0.15) is 18.4 Å². The van der Waals surface area contributed by atoms with Crippen molar-refractivity contribution in [1.29, 1.82) is 0 Å². The van der Waals surface area contributed by atoms with E-state index in [1.807, 2.05) is 0 Å². The Hall–Kier alpha value is -3.61. The fourth-order valence-corrected chi connectivity index (χ4v) is 3.29. The average Bonchev–Trinajstić information content (AvgIpc) is 3.01. The van der Waals surface area contributed by atoms with E-state index in [0.717, 1.165) is 0 Å². The van der Waals surface area contributed by atoms with Crippen molar-refractivity contribution in [2.24, 2.45) is 10.8 Å². The first-order valence-corrected chi connectivity index (χ1v) is 10.4. The molecule has 1 aliphatic heterocycles. The second-order valence-electron chi connectivity index (χ2n) is 7.32. The Bertz CT molecular complexity index is 1100. The Labute approximate surface area is 194 Å². The zero-order valence-corrected chi connectivity index (χ0v) is 18.2. The number of hydrazone groups is 1. The molecule has 172 valence electrons. The van der Waals surface area contributed by atoms with Crippen LogP contribution >= 0.6 is 11.6 Å². The van der Waals surface area contributed by atoms with Gasteiger partial charge in [-0.3, -0.25) is 9.59 Å². The molecule has 1 aromatic carbocycles. The number of aliphatic hydroxyl groups is 2. The number of amides is 2. The summed E-state index contributed by atoms with van der Waals surface area (Å²) in [7, 11) is 0. The van der Waals surface area contributed by atoms with E-state index in [1.54, 1.807) is 36.4 Å². The van der Waals surface area contributed by atoms with Crippen LogP contribution in [-0.4, -0.2) is 57.7 Å². The lowest BCUT2D eigenvalue weighted by Crippen LogP contribution is -2.46. The van der Waals surface area contributed by atoms with Crippen molar-refractivity contribution < 1.29 is 24.2 Å².